The summed E-state index contributed by atoms with van der Waals surface area (Å²) in [4.78, 5) is 40.9. The number of amides is 3. The van der Waals surface area contributed by atoms with Gasteiger partial charge < -0.3 is 10.4 Å². The first-order chi connectivity index (χ1) is 12.7. The Labute approximate surface area is 165 Å². The van der Waals surface area contributed by atoms with Gasteiger partial charge in [-0.15, -0.1) is 0 Å². The topological polar surface area (TPSA) is 98.7 Å². The van der Waals surface area contributed by atoms with E-state index in [1.807, 2.05) is 19.9 Å². The maximum atomic E-state index is 13.4. The van der Waals surface area contributed by atoms with Crippen molar-refractivity contribution >= 4 is 39.3 Å². The van der Waals surface area contributed by atoms with Crippen LogP contribution >= 0.6 is 15.9 Å². The molecule has 0 unspecified atom stereocenters. The van der Waals surface area contributed by atoms with Crippen LogP contribution in [-0.4, -0.2) is 45.9 Å². The van der Waals surface area contributed by atoms with Crippen molar-refractivity contribution in [2.24, 2.45) is 11.8 Å². The maximum Gasteiger partial charge on any atom is 0.250 e. The summed E-state index contributed by atoms with van der Waals surface area (Å²) in [6.07, 6.45) is -0.264. The zero-order chi connectivity index (χ0) is 19.7. The van der Waals surface area contributed by atoms with Crippen molar-refractivity contribution < 1.29 is 19.5 Å². The van der Waals surface area contributed by atoms with Gasteiger partial charge in [0.1, 0.15) is 5.54 Å². The summed E-state index contributed by atoms with van der Waals surface area (Å²) in [5.74, 6) is -2.68. The molecule has 2 saturated heterocycles. The summed E-state index contributed by atoms with van der Waals surface area (Å²) in [7, 11) is 0. The van der Waals surface area contributed by atoms with Gasteiger partial charge in [-0.1, -0.05) is 22.9 Å². The lowest BCUT2D eigenvalue weighted by Gasteiger charge is -2.31. The van der Waals surface area contributed by atoms with Crippen LogP contribution in [0.15, 0.2) is 22.7 Å². The van der Waals surface area contributed by atoms with Crippen LogP contribution < -0.4 is 10.6 Å². The Morgan fingerprint density at radius 1 is 1.26 bits per heavy atom. The number of likely N-dealkylation sites (tertiary alicyclic amines) is 1. The zero-order valence-corrected chi connectivity index (χ0v) is 16.9. The van der Waals surface area contributed by atoms with Gasteiger partial charge in [0.25, 0.3) is 0 Å². The Bertz CT molecular complexity index is 857. The molecule has 3 amide bonds. The molecule has 3 heterocycles. The summed E-state index contributed by atoms with van der Waals surface area (Å²) in [6.45, 7) is 5.31. The van der Waals surface area contributed by atoms with Crippen LogP contribution in [-0.2, 0) is 19.9 Å². The summed E-state index contributed by atoms with van der Waals surface area (Å²) in [5, 5.41) is 16.4. The Kier molecular flexibility index (Phi) is 4.21. The van der Waals surface area contributed by atoms with Gasteiger partial charge in [0.2, 0.25) is 17.7 Å². The van der Waals surface area contributed by atoms with Crippen LogP contribution in [0.2, 0.25) is 0 Å². The van der Waals surface area contributed by atoms with E-state index in [9.17, 15) is 19.5 Å². The zero-order valence-electron chi connectivity index (χ0n) is 15.3. The standard InChI is InChI=1S/C19H22BrN3O4/c1-4-8(2)23-16(25)13-14(17(23)26)19(22-15(13)9(3)24)11-7-10(20)5-6-12(11)21-18(19)27/h5-9,13-15,22,24H,4H2,1-3H3,(H,21,27)/t8-,9-,13-,14-,15+,19-/m0/s1. The second-order valence-corrected chi connectivity index (χ2v) is 8.59. The molecule has 0 saturated carbocycles. The van der Waals surface area contributed by atoms with Gasteiger partial charge in [0.05, 0.1) is 17.9 Å². The summed E-state index contributed by atoms with van der Waals surface area (Å²) >= 11 is 3.43. The molecule has 0 aliphatic carbocycles. The average molecular weight is 436 g/mol. The Morgan fingerprint density at radius 3 is 2.59 bits per heavy atom. The van der Waals surface area contributed by atoms with Gasteiger partial charge >= 0.3 is 0 Å². The molecule has 1 aromatic carbocycles. The van der Waals surface area contributed by atoms with Crippen LogP contribution in [0.4, 0.5) is 5.69 Å². The molecule has 3 aliphatic heterocycles. The summed E-state index contributed by atoms with van der Waals surface area (Å²) in [6, 6.07) is 4.44. The third-order valence-electron chi connectivity index (χ3n) is 6.20. The number of hydrogen-bond donors (Lipinski definition) is 3. The van der Waals surface area contributed by atoms with Gasteiger partial charge in [-0.2, -0.15) is 0 Å². The fraction of sp³-hybridized carbons (Fsp3) is 0.526. The fourth-order valence-corrected chi connectivity index (χ4v) is 5.12. The van der Waals surface area contributed by atoms with Crippen molar-refractivity contribution in [2.45, 2.75) is 50.9 Å². The Balaban J connectivity index is 1.92. The molecule has 2 fully saturated rings. The van der Waals surface area contributed by atoms with Gasteiger partial charge in [0, 0.05) is 27.8 Å². The number of fused-ring (bicyclic) bond motifs is 4. The predicted octanol–water partition coefficient (Wildman–Crippen LogP) is 1.35. The van der Waals surface area contributed by atoms with E-state index < -0.39 is 29.5 Å². The monoisotopic (exact) mass is 435 g/mol. The third-order valence-corrected chi connectivity index (χ3v) is 6.69. The van der Waals surface area contributed by atoms with E-state index in [4.69, 9.17) is 0 Å². The highest BCUT2D eigenvalue weighted by atomic mass is 79.9. The Morgan fingerprint density at radius 2 is 1.96 bits per heavy atom. The molecule has 3 N–H and O–H groups in total. The van der Waals surface area contributed by atoms with Crippen molar-refractivity contribution in [2.75, 3.05) is 5.32 Å². The lowest BCUT2D eigenvalue weighted by atomic mass is 9.76. The molecule has 0 aromatic heterocycles. The fourth-order valence-electron chi connectivity index (χ4n) is 4.76. The molecule has 0 bridgehead atoms. The normalized spacial score (nSPS) is 34.0. The van der Waals surface area contributed by atoms with Crippen molar-refractivity contribution in [3.05, 3.63) is 28.2 Å². The number of hydrogen-bond acceptors (Lipinski definition) is 5. The molecule has 6 atom stereocenters. The van der Waals surface area contributed by atoms with Crippen molar-refractivity contribution in [3.8, 4) is 0 Å². The number of anilines is 1. The van der Waals surface area contributed by atoms with Crippen molar-refractivity contribution in [1.82, 2.24) is 10.2 Å². The smallest absolute Gasteiger partial charge is 0.250 e. The van der Waals surface area contributed by atoms with Crippen molar-refractivity contribution in [3.63, 3.8) is 0 Å². The average Bonchev–Trinajstić information content (AvgIpc) is 3.20. The maximum absolute atomic E-state index is 13.4. The number of nitrogens with zero attached hydrogens (tertiary/aromatic N) is 1. The lowest BCUT2D eigenvalue weighted by molar-refractivity contribution is -0.145. The number of halogens is 1. The number of carbonyl (C=O) groups excluding carboxylic acids is 3. The van der Waals surface area contributed by atoms with E-state index >= 15 is 0 Å². The number of nitrogens with one attached hydrogen (secondary N) is 2. The Hall–Kier alpha value is -1.77. The van der Waals surface area contributed by atoms with Gasteiger partial charge in [-0.25, -0.2) is 0 Å². The highest BCUT2D eigenvalue weighted by Crippen LogP contribution is 2.54. The highest BCUT2D eigenvalue weighted by Gasteiger charge is 2.71. The van der Waals surface area contributed by atoms with E-state index in [0.29, 0.717) is 17.7 Å². The van der Waals surface area contributed by atoms with Gasteiger partial charge in [0.15, 0.2) is 0 Å². The first-order valence-corrected chi connectivity index (χ1v) is 9.97. The molecule has 4 rings (SSSR count). The van der Waals surface area contributed by atoms with Crippen LogP contribution in [0.3, 0.4) is 0 Å². The first-order valence-electron chi connectivity index (χ1n) is 9.18. The van der Waals surface area contributed by atoms with E-state index in [1.165, 1.54) is 4.90 Å². The molecule has 3 aliphatic rings. The van der Waals surface area contributed by atoms with Crippen molar-refractivity contribution in [1.29, 1.82) is 0 Å². The first kappa shape index (κ1) is 18.6. The van der Waals surface area contributed by atoms with E-state index in [2.05, 4.69) is 26.6 Å². The minimum Gasteiger partial charge on any atom is -0.392 e. The predicted molar refractivity (Wildman–Crippen MR) is 102 cm³/mol. The third kappa shape index (κ3) is 2.30. The van der Waals surface area contributed by atoms with Crippen LogP contribution in [0, 0.1) is 11.8 Å². The van der Waals surface area contributed by atoms with E-state index in [-0.39, 0.29) is 23.8 Å². The van der Waals surface area contributed by atoms with E-state index in [0.717, 1.165) is 4.47 Å². The minimum atomic E-state index is -1.36. The second-order valence-electron chi connectivity index (χ2n) is 7.67. The minimum absolute atomic E-state index is 0.256. The molecule has 0 radical (unpaired) electrons. The quantitative estimate of drug-likeness (QED) is 0.622. The molecule has 8 heteroatoms. The van der Waals surface area contributed by atoms with Gasteiger partial charge in [-0.3, -0.25) is 24.6 Å². The van der Waals surface area contributed by atoms with Crippen LogP contribution in [0.1, 0.15) is 32.8 Å². The number of aliphatic hydroxyl groups is 1. The number of aliphatic hydroxyl groups excluding tert-OH is 1. The molecule has 1 spiro atoms. The molecular formula is C19H22BrN3O4. The molecular weight excluding hydrogens is 414 g/mol. The molecule has 1 aromatic rings. The second kappa shape index (κ2) is 6.12. The SMILES string of the molecule is CC[C@H](C)N1C(=O)[C@@H]2[C@@H]([C@H](C)O)N[C@]3(C(=O)Nc4ccc(Br)cc43)[C@@H]2C1=O. The highest BCUT2D eigenvalue weighted by molar-refractivity contribution is 9.10. The molecule has 27 heavy (non-hydrogen) atoms. The largest absolute Gasteiger partial charge is 0.392 e. The number of imide groups is 1. The number of benzene rings is 1. The number of rotatable bonds is 3. The number of carbonyl (C=O) groups is 3. The summed E-state index contributed by atoms with van der Waals surface area (Å²) in [5.41, 5.74) is -0.115. The lowest BCUT2D eigenvalue weighted by Crippen LogP contribution is -2.55. The van der Waals surface area contributed by atoms with Gasteiger partial charge in [-0.05, 0) is 38.5 Å². The molecule has 144 valence electrons. The molecule has 7 nitrogen and oxygen atoms in total. The van der Waals surface area contributed by atoms with E-state index in [1.54, 1.807) is 19.1 Å². The van der Waals surface area contributed by atoms with Crippen LogP contribution in [0.25, 0.3) is 0 Å². The summed E-state index contributed by atoms with van der Waals surface area (Å²) < 4.78 is 0.770. The van der Waals surface area contributed by atoms with Crippen LogP contribution in [0.5, 0.6) is 0 Å².